The highest BCUT2D eigenvalue weighted by atomic mass is 16.1. The summed E-state index contributed by atoms with van der Waals surface area (Å²) in [6.45, 7) is 6.29. The Bertz CT molecular complexity index is 267. The van der Waals surface area contributed by atoms with Crippen molar-refractivity contribution in [2.75, 3.05) is 33.2 Å². The lowest BCUT2D eigenvalue weighted by molar-refractivity contribution is -0.121. The number of carbonyl (C=O) groups excluding carboxylic acids is 1. The topological polar surface area (TPSA) is 23.6 Å². The van der Waals surface area contributed by atoms with Gasteiger partial charge in [0.2, 0.25) is 0 Å². The van der Waals surface area contributed by atoms with Crippen molar-refractivity contribution in [3.8, 4) is 0 Å². The van der Waals surface area contributed by atoms with Crippen LogP contribution in [-0.2, 0) is 4.79 Å². The Morgan fingerprint density at radius 1 is 1.29 bits per heavy atom. The van der Waals surface area contributed by atoms with Crippen LogP contribution in [0.25, 0.3) is 0 Å². The number of carbonyl (C=O) groups is 1. The van der Waals surface area contributed by atoms with Crippen LogP contribution in [0.3, 0.4) is 0 Å². The predicted octanol–water partition coefficient (Wildman–Crippen LogP) is 1.77. The van der Waals surface area contributed by atoms with Gasteiger partial charge in [-0.15, -0.1) is 0 Å². The number of piperidine rings is 2. The molecule has 2 saturated heterocycles. The van der Waals surface area contributed by atoms with Crippen LogP contribution >= 0.6 is 0 Å². The van der Waals surface area contributed by atoms with E-state index in [4.69, 9.17) is 0 Å². The second kappa shape index (κ2) is 5.96. The van der Waals surface area contributed by atoms with E-state index in [1.54, 1.807) is 0 Å². The molecule has 2 fully saturated rings. The summed E-state index contributed by atoms with van der Waals surface area (Å²) in [5, 5.41) is 0. The molecule has 17 heavy (non-hydrogen) atoms. The number of ketones is 1. The summed E-state index contributed by atoms with van der Waals surface area (Å²) in [6, 6.07) is 0.779. The molecule has 0 spiro atoms. The Labute approximate surface area is 105 Å². The number of fused-ring (bicyclic) bond motifs is 1. The van der Waals surface area contributed by atoms with E-state index >= 15 is 0 Å². The van der Waals surface area contributed by atoms with Gasteiger partial charge in [0.1, 0.15) is 5.78 Å². The standard InChI is InChI=1S/C14H26N2O/c1-3-5-13(17)11-16-9-7-14-12(10-16)6-4-8-15(14)2/h12,14H,3-11H2,1-2H3. The van der Waals surface area contributed by atoms with E-state index in [0.717, 1.165) is 37.9 Å². The molecule has 0 saturated carbocycles. The molecular weight excluding hydrogens is 212 g/mol. The summed E-state index contributed by atoms with van der Waals surface area (Å²) in [5.41, 5.74) is 0. The molecule has 0 aromatic carbocycles. The van der Waals surface area contributed by atoms with Crippen LogP contribution in [0.1, 0.15) is 39.0 Å². The Morgan fingerprint density at radius 3 is 2.88 bits per heavy atom. The van der Waals surface area contributed by atoms with Crippen LogP contribution in [0.5, 0.6) is 0 Å². The van der Waals surface area contributed by atoms with Gasteiger partial charge in [0.05, 0.1) is 6.54 Å². The zero-order valence-corrected chi connectivity index (χ0v) is 11.3. The third-order valence-corrected chi connectivity index (χ3v) is 4.36. The maximum atomic E-state index is 11.7. The number of likely N-dealkylation sites (tertiary alicyclic amines) is 2. The molecule has 0 N–H and O–H groups in total. The van der Waals surface area contributed by atoms with Crippen LogP contribution in [-0.4, -0.2) is 54.9 Å². The van der Waals surface area contributed by atoms with Crippen LogP contribution in [0.15, 0.2) is 0 Å². The fraction of sp³-hybridized carbons (Fsp3) is 0.929. The van der Waals surface area contributed by atoms with Gasteiger partial charge in [-0.25, -0.2) is 0 Å². The molecule has 2 rings (SSSR count). The van der Waals surface area contributed by atoms with Gasteiger partial charge >= 0.3 is 0 Å². The zero-order valence-electron chi connectivity index (χ0n) is 11.3. The molecule has 0 bridgehead atoms. The minimum Gasteiger partial charge on any atom is -0.303 e. The van der Waals surface area contributed by atoms with Crippen LogP contribution in [0.4, 0.5) is 0 Å². The Hall–Kier alpha value is -0.410. The first-order valence-electron chi connectivity index (χ1n) is 7.15. The summed E-state index contributed by atoms with van der Waals surface area (Å²) in [7, 11) is 2.26. The highest BCUT2D eigenvalue weighted by Crippen LogP contribution is 2.29. The number of hydrogen-bond acceptors (Lipinski definition) is 3. The molecule has 98 valence electrons. The molecule has 0 aromatic rings. The maximum Gasteiger partial charge on any atom is 0.146 e. The van der Waals surface area contributed by atoms with Gasteiger partial charge in [-0.3, -0.25) is 9.69 Å². The van der Waals surface area contributed by atoms with Crippen LogP contribution in [0.2, 0.25) is 0 Å². The summed E-state index contributed by atoms with van der Waals surface area (Å²) < 4.78 is 0. The van der Waals surface area contributed by atoms with Gasteiger partial charge in [0.15, 0.2) is 0 Å². The molecular formula is C14H26N2O. The van der Waals surface area contributed by atoms with Crippen molar-refractivity contribution in [1.82, 2.24) is 9.80 Å². The Balaban J connectivity index is 1.83. The monoisotopic (exact) mass is 238 g/mol. The van der Waals surface area contributed by atoms with Crippen molar-refractivity contribution < 1.29 is 4.79 Å². The lowest BCUT2D eigenvalue weighted by atomic mass is 9.84. The molecule has 3 heteroatoms. The van der Waals surface area contributed by atoms with E-state index in [0.29, 0.717) is 12.3 Å². The molecule has 2 aliphatic heterocycles. The highest BCUT2D eigenvalue weighted by molar-refractivity contribution is 5.80. The largest absolute Gasteiger partial charge is 0.303 e. The maximum absolute atomic E-state index is 11.7. The first-order chi connectivity index (χ1) is 8.20. The SMILES string of the molecule is CCCC(=O)CN1CCC2C(CCCN2C)C1. The molecule has 0 amide bonds. The van der Waals surface area contributed by atoms with Crippen LogP contribution < -0.4 is 0 Å². The van der Waals surface area contributed by atoms with Gasteiger partial charge in [0, 0.05) is 25.6 Å². The number of Topliss-reactive ketones (excluding diaryl/α,β-unsaturated/α-hetero) is 1. The normalized spacial score (nSPS) is 31.2. The van der Waals surface area contributed by atoms with Crippen molar-refractivity contribution in [2.24, 2.45) is 5.92 Å². The van der Waals surface area contributed by atoms with E-state index in [1.807, 2.05) is 0 Å². The summed E-state index contributed by atoms with van der Waals surface area (Å²) in [5.74, 6) is 1.23. The molecule has 0 aliphatic carbocycles. The first-order valence-corrected chi connectivity index (χ1v) is 7.15. The van der Waals surface area contributed by atoms with E-state index in [-0.39, 0.29) is 0 Å². The fourth-order valence-corrected chi connectivity index (χ4v) is 3.48. The summed E-state index contributed by atoms with van der Waals surface area (Å²) in [4.78, 5) is 16.6. The summed E-state index contributed by atoms with van der Waals surface area (Å²) >= 11 is 0. The number of hydrogen-bond donors (Lipinski definition) is 0. The number of rotatable bonds is 4. The predicted molar refractivity (Wildman–Crippen MR) is 70.1 cm³/mol. The van der Waals surface area contributed by atoms with Gasteiger partial charge in [-0.2, -0.15) is 0 Å². The van der Waals surface area contributed by atoms with Crippen LogP contribution in [0, 0.1) is 5.92 Å². The highest BCUT2D eigenvalue weighted by Gasteiger charge is 2.34. The quantitative estimate of drug-likeness (QED) is 0.746. The molecule has 2 atom stereocenters. The second-order valence-electron chi connectivity index (χ2n) is 5.76. The molecule has 0 radical (unpaired) electrons. The van der Waals surface area contributed by atoms with Gasteiger partial charge < -0.3 is 4.90 Å². The molecule has 2 aliphatic rings. The van der Waals surface area contributed by atoms with Gasteiger partial charge in [-0.1, -0.05) is 6.92 Å². The van der Waals surface area contributed by atoms with Crippen molar-refractivity contribution in [2.45, 2.75) is 45.1 Å². The van der Waals surface area contributed by atoms with E-state index < -0.39 is 0 Å². The molecule has 2 heterocycles. The molecule has 2 unspecified atom stereocenters. The average Bonchev–Trinajstić information content (AvgIpc) is 2.29. The zero-order chi connectivity index (χ0) is 12.3. The van der Waals surface area contributed by atoms with Crippen molar-refractivity contribution >= 4 is 5.78 Å². The molecule has 0 aromatic heterocycles. The minimum atomic E-state index is 0.426. The van der Waals surface area contributed by atoms with Crippen molar-refractivity contribution in [3.63, 3.8) is 0 Å². The average molecular weight is 238 g/mol. The van der Waals surface area contributed by atoms with Crippen molar-refractivity contribution in [1.29, 1.82) is 0 Å². The lowest BCUT2D eigenvalue weighted by Crippen LogP contribution is -2.53. The minimum absolute atomic E-state index is 0.426. The summed E-state index contributed by atoms with van der Waals surface area (Å²) in [6.07, 6.45) is 5.68. The van der Waals surface area contributed by atoms with E-state index in [1.165, 1.54) is 25.8 Å². The third-order valence-electron chi connectivity index (χ3n) is 4.36. The Morgan fingerprint density at radius 2 is 2.12 bits per heavy atom. The second-order valence-corrected chi connectivity index (χ2v) is 5.76. The lowest BCUT2D eigenvalue weighted by Gasteiger charge is -2.45. The first kappa shape index (κ1) is 13.0. The van der Waals surface area contributed by atoms with E-state index in [2.05, 4.69) is 23.8 Å². The van der Waals surface area contributed by atoms with Gasteiger partial charge in [0.25, 0.3) is 0 Å². The smallest absolute Gasteiger partial charge is 0.146 e. The number of nitrogens with zero attached hydrogens (tertiary/aromatic N) is 2. The fourth-order valence-electron chi connectivity index (χ4n) is 3.48. The van der Waals surface area contributed by atoms with Crippen molar-refractivity contribution in [3.05, 3.63) is 0 Å². The molecule has 3 nitrogen and oxygen atoms in total. The van der Waals surface area contributed by atoms with E-state index in [9.17, 15) is 4.79 Å². The Kier molecular flexibility index (Phi) is 4.57. The third kappa shape index (κ3) is 3.29. The van der Waals surface area contributed by atoms with Gasteiger partial charge in [-0.05, 0) is 45.2 Å².